The summed E-state index contributed by atoms with van der Waals surface area (Å²) in [5, 5.41) is 18.6. The number of nitrogens with zero attached hydrogens (tertiary/aromatic N) is 6. The Labute approximate surface area is 172 Å². The summed E-state index contributed by atoms with van der Waals surface area (Å²) in [5.74, 6) is -0.791. The van der Waals surface area contributed by atoms with Crippen molar-refractivity contribution in [1.82, 2.24) is 29.5 Å². The van der Waals surface area contributed by atoms with Crippen LogP contribution >= 0.6 is 0 Å². The molecule has 0 aromatic carbocycles. The van der Waals surface area contributed by atoms with Crippen LogP contribution in [0.2, 0.25) is 0 Å². The van der Waals surface area contributed by atoms with Gasteiger partial charge in [0.2, 0.25) is 0 Å². The second-order valence-corrected chi connectivity index (χ2v) is 7.67. The van der Waals surface area contributed by atoms with Gasteiger partial charge in [0.15, 0.2) is 11.5 Å². The van der Waals surface area contributed by atoms with Crippen LogP contribution < -0.4 is 0 Å². The lowest BCUT2D eigenvalue weighted by molar-refractivity contribution is -0.139. The Balaban J connectivity index is 1.63. The summed E-state index contributed by atoms with van der Waals surface area (Å²) in [6.45, 7) is 0. The van der Waals surface area contributed by atoms with Crippen molar-refractivity contribution in [3.05, 3.63) is 72.3 Å². The van der Waals surface area contributed by atoms with Crippen molar-refractivity contribution in [3.8, 4) is 11.3 Å². The molecular formula is C22H20N6O2. The summed E-state index contributed by atoms with van der Waals surface area (Å²) in [6, 6.07) is 7.47. The molecule has 4 aromatic rings. The van der Waals surface area contributed by atoms with E-state index in [9.17, 15) is 9.90 Å². The first-order valence-electron chi connectivity index (χ1n) is 9.95. The zero-order valence-corrected chi connectivity index (χ0v) is 16.2. The highest BCUT2D eigenvalue weighted by atomic mass is 16.4. The van der Waals surface area contributed by atoms with E-state index in [1.54, 1.807) is 35.3 Å². The summed E-state index contributed by atoms with van der Waals surface area (Å²) < 4.78 is 1.79. The normalized spacial score (nSPS) is 14.7. The number of rotatable bonds is 7. The number of aliphatic carboxylic acids is 1. The number of fused-ring (bicyclic) bond motifs is 1. The summed E-state index contributed by atoms with van der Waals surface area (Å²) in [5.41, 5.74) is 3.92. The predicted molar refractivity (Wildman–Crippen MR) is 109 cm³/mol. The van der Waals surface area contributed by atoms with Gasteiger partial charge in [0.25, 0.3) is 0 Å². The summed E-state index contributed by atoms with van der Waals surface area (Å²) in [4.78, 5) is 25.3. The highest BCUT2D eigenvalue weighted by molar-refractivity contribution is 5.76. The van der Waals surface area contributed by atoms with Crippen LogP contribution in [0.25, 0.3) is 16.9 Å². The van der Waals surface area contributed by atoms with Gasteiger partial charge < -0.3 is 5.11 Å². The minimum absolute atomic E-state index is 0.284. The van der Waals surface area contributed by atoms with E-state index in [-0.39, 0.29) is 6.42 Å². The highest BCUT2D eigenvalue weighted by Gasteiger charge is 2.29. The maximum Gasteiger partial charge on any atom is 0.314 e. The molecule has 8 heteroatoms. The first kappa shape index (κ1) is 18.4. The molecule has 1 fully saturated rings. The summed E-state index contributed by atoms with van der Waals surface area (Å²) in [7, 11) is 0. The Hall–Kier alpha value is -3.68. The second kappa shape index (κ2) is 7.62. The fourth-order valence-electron chi connectivity index (χ4n) is 3.64. The van der Waals surface area contributed by atoms with Crippen LogP contribution in [0.15, 0.2) is 55.2 Å². The zero-order valence-electron chi connectivity index (χ0n) is 16.2. The van der Waals surface area contributed by atoms with Gasteiger partial charge in [-0.2, -0.15) is 0 Å². The topological polar surface area (TPSA) is 106 Å². The lowest BCUT2D eigenvalue weighted by Gasteiger charge is -2.12. The lowest BCUT2D eigenvalue weighted by atomic mass is 10.00. The maximum absolute atomic E-state index is 12.1. The van der Waals surface area contributed by atoms with Crippen LogP contribution in [0.5, 0.6) is 0 Å². The van der Waals surface area contributed by atoms with E-state index in [4.69, 9.17) is 4.98 Å². The third-order valence-electron chi connectivity index (χ3n) is 5.40. The molecule has 5 rings (SSSR count). The van der Waals surface area contributed by atoms with E-state index in [1.165, 1.54) is 12.8 Å². The van der Waals surface area contributed by atoms with E-state index in [2.05, 4.69) is 20.2 Å². The molecule has 1 aliphatic rings. The number of hydrogen-bond acceptors (Lipinski definition) is 6. The molecule has 0 aliphatic heterocycles. The quantitative estimate of drug-likeness (QED) is 0.508. The van der Waals surface area contributed by atoms with Crippen molar-refractivity contribution in [3.63, 3.8) is 0 Å². The first-order chi connectivity index (χ1) is 14.7. The van der Waals surface area contributed by atoms with Crippen molar-refractivity contribution in [2.24, 2.45) is 5.92 Å². The summed E-state index contributed by atoms with van der Waals surface area (Å²) in [6.07, 6.45) is 12.1. The van der Waals surface area contributed by atoms with Crippen LogP contribution in [-0.4, -0.2) is 40.6 Å². The highest BCUT2D eigenvalue weighted by Crippen LogP contribution is 2.34. The van der Waals surface area contributed by atoms with E-state index in [0.717, 1.165) is 28.9 Å². The molecule has 1 unspecified atom stereocenters. The second-order valence-electron chi connectivity index (χ2n) is 7.67. The van der Waals surface area contributed by atoms with E-state index >= 15 is 0 Å². The zero-order chi connectivity index (χ0) is 20.5. The van der Waals surface area contributed by atoms with Gasteiger partial charge in [-0.1, -0.05) is 6.07 Å². The number of carbonyl (C=O) groups is 1. The molecule has 1 atom stereocenters. The van der Waals surface area contributed by atoms with Crippen molar-refractivity contribution in [2.75, 3.05) is 0 Å². The van der Waals surface area contributed by atoms with Crippen LogP contribution in [-0.2, 0) is 17.6 Å². The van der Waals surface area contributed by atoms with Gasteiger partial charge in [0, 0.05) is 36.5 Å². The average molecular weight is 400 g/mol. The molecule has 0 spiro atoms. The van der Waals surface area contributed by atoms with E-state index in [1.807, 2.05) is 24.4 Å². The molecule has 0 bridgehead atoms. The van der Waals surface area contributed by atoms with Crippen molar-refractivity contribution < 1.29 is 9.90 Å². The molecule has 1 N–H and O–H groups in total. The molecule has 0 saturated heterocycles. The van der Waals surface area contributed by atoms with Gasteiger partial charge in [-0.15, -0.1) is 10.2 Å². The number of hydrogen-bond donors (Lipinski definition) is 1. The van der Waals surface area contributed by atoms with Crippen LogP contribution in [0.3, 0.4) is 0 Å². The number of carboxylic acids is 1. The van der Waals surface area contributed by atoms with Gasteiger partial charge in [-0.25, -0.2) is 4.98 Å². The van der Waals surface area contributed by atoms with Gasteiger partial charge >= 0.3 is 5.97 Å². The number of carboxylic acid groups (broad SMARTS) is 1. The number of aromatic nitrogens is 6. The van der Waals surface area contributed by atoms with Crippen molar-refractivity contribution >= 4 is 11.6 Å². The molecular weight excluding hydrogens is 380 g/mol. The maximum atomic E-state index is 12.1. The Morgan fingerprint density at radius 3 is 2.60 bits per heavy atom. The standard InChI is InChI=1S/C22H20N6O2/c29-22(30)17(9-15-3-1-7-23-11-15)20-26-27-21-18(10-14-5-6-14)25-19(13-28(20)21)16-4-2-8-24-12-16/h1-4,7-8,11-14,17H,5-6,9-10H2,(H,29,30). The molecule has 150 valence electrons. The largest absolute Gasteiger partial charge is 0.481 e. The lowest BCUT2D eigenvalue weighted by Crippen LogP contribution is -2.18. The van der Waals surface area contributed by atoms with E-state index < -0.39 is 11.9 Å². The Bertz CT molecular complexity index is 1190. The van der Waals surface area contributed by atoms with Gasteiger partial charge in [0.05, 0.1) is 11.4 Å². The van der Waals surface area contributed by atoms with Crippen LogP contribution in [0.4, 0.5) is 0 Å². The third kappa shape index (κ3) is 3.63. The predicted octanol–water partition coefficient (Wildman–Crippen LogP) is 2.94. The van der Waals surface area contributed by atoms with Gasteiger partial charge in [0.1, 0.15) is 5.92 Å². The summed E-state index contributed by atoms with van der Waals surface area (Å²) >= 11 is 0. The number of pyridine rings is 2. The van der Waals surface area contributed by atoms with Gasteiger partial charge in [-0.3, -0.25) is 19.2 Å². The molecule has 1 saturated carbocycles. The Morgan fingerprint density at radius 2 is 1.93 bits per heavy atom. The van der Waals surface area contributed by atoms with Crippen LogP contribution in [0.1, 0.15) is 35.8 Å². The molecule has 4 aromatic heterocycles. The minimum Gasteiger partial charge on any atom is -0.481 e. The molecule has 8 nitrogen and oxygen atoms in total. The van der Waals surface area contributed by atoms with Crippen molar-refractivity contribution in [1.29, 1.82) is 0 Å². The molecule has 4 heterocycles. The SMILES string of the molecule is O=C(O)C(Cc1cccnc1)c1nnc2c(CC3CC3)nc(-c3cccnc3)cn12. The molecule has 1 aliphatic carbocycles. The van der Waals surface area contributed by atoms with Crippen molar-refractivity contribution in [2.45, 2.75) is 31.6 Å². The fourth-order valence-corrected chi connectivity index (χ4v) is 3.64. The monoisotopic (exact) mass is 400 g/mol. The Morgan fingerprint density at radius 1 is 1.13 bits per heavy atom. The minimum atomic E-state index is -0.948. The van der Waals surface area contributed by atoms with Crippen LogP contribution in [0, 0.1) is 5.92 Å². The fraction of sp³-hybridized carbons (Fsp3) is 0.273. The average Bonchev–Trinajstić information content (AvgIpc) is 3.49. The third-order valence-corrected chi connectivity index (χ3v) is 5.40. The molecule has 0 radical (unpaired) electrons. The Kier molecular flexibility index (Phi) is 4.66. The molecule has 30 heavy (non-hydrogen) atoms. The van der Waals surface area contributed by atoms with Gasteiger partial charge in [-0.05, 0) is 55.4 Å². The smallest absolute Gasteiger partial charge is 0.314 e. The molecule has 0 amide bonds. The van der Waals surface area contributed by atoms with E-state index in [0.29, 0.717) is 17.4 Å². The first-order valence-corrected chi connectivity index (χ1v) is 9.95.